The highest BCUT2D eigenvalue weighted by atomic mass is 35.5. The van der Waals surface area contributed by atoms with E-state index < -0.39 is 5.91 Å². The Morgan fingerprint density at radius 2 is 2.04 bits per heavy atom. The lowest BCUT2D eigenvalue weighted by Crippen LogP contribution is -2.32. The van der Waals surface area contributed by atoms with Gasteiger partial charge in [-0.2, -0.15) is 0 Å². The number of para-hydroxylation sites is 1. The molecule has 0 spiro atoms. The van der Waals surface area contributed by atoms with Gasteiger partial charge in [-0.05, 0) is 42.6 Å². The maximum atomic E-state index is 11.9. The van der Waals surface area contributed by atoms with E-state index in [0.29, 0.717) is 16.5 Å². The Kier molecular flexibility index (Phi) is 6.17. The number of halogens is 1. The Hall–Kier alpha value is -2.57. The van der Waals surface area contributed by atoms with Crippen LogP contribution in [0.1, 0.15) is 5.56 Å². The summed E-state index contributed by atoms with van der Waals surface area (Å²) in [6.07, 6.45) is 2.96. The largest absolute Gasteiger partial charge is 0.506 e. The number of methoxy groups -OCH3 is 1. The number of phenols is 1. The van der Waals surface area contributed by atoms with Gasteiger partial charge in [-0.3, -0.25) is 10.1 Å². The van der Waals surface area contributed by atoms with Gasteiger partial charge in [-0.1, -0.05) is 29.8 Å². The van der Waals surface area contributed by atoms with Crippen molar-refractivity contribution in [3.8, 4) is 11.5 Å². The van der Waals surface area contributed by atoms with E-state index >= 15 is 0 Å². The zero-order valence-corrected chi connectivity index (χ0v) is 14.3. The van der Waals surface area contributed by atoms with Crippen molar-refractivity contribution in [2.45, 2.75) is 0 Å². The molecule has 0 unspecified atom stereocenters. The summed E-state index contributed by atoms with van der Waals surface area (Å²) in [7, 11) is 1.56. The second-order valence-corrected chi connectivity index (χ2v) is 5.52. The van der Waals surface area contributed by atoms with Crippen LogP contribution in [0.25, 0.3) is 6.08 Å². The fourth-order valence-corrected chi connectivity index (χ4v) is 2.27. The van der Waals surface area contributed by atoms with Crippen LogP contribution in [0.2, 0.25) is 5.02 Å². The highest BCUT2D eigenvalue weighted by molar-refractivity contribution is 7.80. The lowest BCUT2D eigenvalue weighted by Gasteiger charge is -2.10. The van der Waals surface area contributed by atoms with Gasteiger partial charge in [-0.25, -0.2) is 0 Å². The minimum absolute atomic E-state index is 0.0273. The molecule has 0 fully saturated rings. The van der Waals surface area contributed by atoms with Crippen LogP contribution >= 0.6 is 23.8 Å². The van der Waals surface area contributed by atoms with Crippen LogP contribution in [0, 0.1) is 0 Å². The van der Waals surface area contributed by atoms with Crippen molar-refractivity contribution in [3.05, 3.63) is 59.1 Å². The number of nitrogens with one attached hydrogen (secondary N) is 2. The van der Waals surface area contributed by atoms with Crippen molar-refractivity contribution in [2.75, 3.05) is 12.4 Å². The van der Waals surface area contributed by atoms with E-state index in [-0.39, 0.29) is 10.9 Å². The molecule has 2 aromatic rings. The standard InChI is InChI=1S/C17H15ClN2O3S/c1-23-15-5-3-2-4-11(15)6-9-16(22)20-17(24)19-13-10-12(18)7-8-14(13)21/h2-10,21H,1H3,(H2,19,20,22,24)/b9-6+. The molecular formula is C17H15ClN2O3S. The maximum absolute atomic E-state index is 11.9. The van der Waals surface area contributed by atoms with Gasteiger partial charge in [0.25, 0.3) is 0 Å². The van der Waals surface area contributed by atoms with Crippen molar-refractivity contribution >= 4 is 46.6 Å². The Morgan fingerprint density at radius 3 is 2.79 bits per heavy atom. The number of carbonyl (C=O) groups is 1. The number of rotatable bonds is 4. The first kappa shape index (κ1) is 17.8. The molecule has 2 aromatic carbocycles. The SMILES string of the molecule is COc1ccccc1/C=C/C(=O)NC(=S)Nc1cc(Cl)ccc1O. The number of ether oxygens (including phenoxy) is 1. The first-order valence-electron chi connectivity index (χ1n) is 6.91. The van der Waals surface area contributed by atoms with Gasteiger partial charge >= 0.3 is 0 Å². The average Bonchev–Trinajstić information content (AvgIpc) is 2.56. The number of aromatic hydroxyl groups is 1. The summed E-state index contributed by atoms with van der Waals surface area (Å²) < 4.78 is 5.20. The van der Waals surface area contributed by atoms with Gasteiger partial charge < -0.3 is 15.2 Å². The highest BCUT2D eigenvalue weighted by Gasteiger charge is 2.06. The van der Waals surface area contributed by atoms with Crippen LogP contribution in [-0.4, -0.2) is 23.2 Å². The summed E-state index contributed by atoms with van der Waals surface area (Å²) >= 11 is 10.9. The Morgan fingerprint density at radius 1 is 1.29 bits per heavy atom. The molecule has 0 aliphatic carbocycles. The summed E-state index contributed by atoms with van der Waals surface area (Å²) in [6, 6.07) is 11.8. The first-order valence-corrected chi connectivity index (χ1v) is 7.70. The summed E-state index contributed by atoms with van der Waals surface area (Å²) in [5.41, 5.74) is 1.07. The first-order chi connectivity index (χ1) is 11.5. The van der Waals surface area contributed by atoms with Crippen LogP contribution in [0.5, 0.6) is 11.5 Å². The van der Waals surface area contributed by atoms with Crippen LogP contribution in [0.3, 0.4) is 0 Å². The van der Waals surface area contributed by atoms with E-state index in [2.05, 4.69) is 10.6 Å². The van der Waals surface area contributed by atoms with Gasteiger partial charge in [0.2, 0.25) is 5.91 Å². The molecule has 0 radical (unpaired) electrons. The smallest absolute Gasteiger partial charge is 0.250 e. The lowest BCUT2D eigenvalue weighted by molar-refractivity contribution is -0.115. The monoisotopic (exact) mass is 362 g/mol. The van der Waals surface area contributed by atoms with E-state index in [0.717, 1.165) is 5.56 Å². The molecule has 7 heteroatoms. The molecule has 5 nitrogen and oxygen atoms in total. The molecule has 3 N–H and O–H groups in total. The number of amides is 1. The zero-order valence-electron chi connectivity index (χ0n) is 12.7. The fourth-order valence-electron chi connectivity index (χ4n) is 1.89. The van der Waals surface area contributed by atoms with Gasteiger partial charge in [0.15, 0.2) is 5.11 Å². The average molecular weight is 363 g/mol. The second kappa shape index (κ2) is 8.33. The van der Waals surface area contributed by atoms with E-state index in [9.17, 15) is 9.90 Å². The predicted octanol–water partition coefficient (Wildman–Crippen LogP) is 3.58. The quantitative estimate of drug-likeness (QED) is 0.440. The third-order valence-corrected chi connectivity index (χ3v) is 3.44. The molecule has 0 heterocycles. The van der Waals surface area contributed by atoms with Crippen LogP contribution in [0.15, 0.2) is 48.5 Å². The van der Waals surface area contributed by atoms with E-state index in [1.54, 1.807) is 25.3 Å². The Balaban J connectivity index is 1.98. The summed E-state index contributed by atoms with van der Waals surface area (Å²) in [5, 5.41) is 15.4. The predicted molar refractivity (Wildman–Crippen MR) is 99.5 cm³/mol. The molecule has 0 bridgehead atoms. The number of phenolic OH excluding ortho intramolecular Hbond substituents is 1. The van der Waals surface area contributed by atoms with Gasteiger partial charge in [0.05, 0.1) is 12.8 Å². The minimum Gasteiger partial charge on any atom is -0.506 e. The lowest BCUT2D eigenvalue weighted by atomic mass is 10.2. The summed E-state index contributed by atoms with van der Waals surface area (Å²) in [5.74, 6) is 0.214. The van der Waals surface area contributed by atoms with E-state index in [1.807, 2.05) is 18.2 Å². The number of carbonyl (C=O) groups excluding carboxylic acids is 1. The van der Waals surface area contributed by atoms with Crippen LogP contribution < -0.4 is 15.4 Å². The molecule has 2 rings (SSSR count). The van der Waals surface area contributed by atoms with E-state index in [4.69, 9.17) is 28.6 Å². The molecule has 0 aromatic heterocycles. The Bertz CT molecular complexity index is 793. The third-order valence-electron chi connectivity index (χ3n) is 3.00. The topological polar surface area (TPSA) is 70.6 Å². The van der Waals surface area contributed by atoms with Crippen molar-refractivity contribution < 1.29 is 14.6 Å². The number of anilines is 1. The summed E-state index contributed by atoms with van der Waals surface area (Å²) in [6.45, 7) is 0. The van der Waals surface area contributed by atoms with Crippen LogP contribution in [-0.2, 0) is 4.79 Å². The molecule has 24 heavy (non-hydrogen) atoms. The summed E-state index contributed by atoms with van der Waals surface area (Å²) in [4.78, 5) is 11.9. The van der Waals surface area contributed by atoms with Crippen LogP contribution in [0.4, 0.5) is 5.69 Å². The van der Waals surface area contributed by atoms with E-state index in [1.165, 1.54) is 18.2 Å². The van der Waals surface area contributed by atoms with Gasteiger partial charge in [-0.15, -0.1) is 0 Å². The molecule has 0 saturated heterocycles. The molecular weight excluding hydrogens is 348 g/mol. The number of benzene rings is 2. The third kappa shape index (κ3) is 4.97. The molecule has 0 aliphatic rings. The normalized spacial score (nSPS) is 10.4. The number of hydrogen-bond acceptors (Lipinski definition) is 4. The number of hydrogen-bond donors (Lipinski definition) is 3. The van der Waals surface area contributed by atoms with Crippen molar-refractivity contribution in [3.63, 3.8) is 0 Å². The minimum atomic E-state index is -0.417. The Labute approximate surface area is 149 Å². The molecule has 0 saturated carbocycles. The van der Waals surface area contributed by atoms with Gasteiger partial charge in [0, 0.05) is 16.7 Å². The zero-order chi connectivity index (χ0) is 17.5. The van der Waals surface area contributed by atoms with Crippen molar-refractivity contribution in [1.82, 2.24) is 5.32 Å². The molecule has 0 aliphatic heterocycles. The van der Waals surface area contributed by atoms with Crippen molar-refractivity contribution in [2.24, 2.45) is 0 Å². The maximum Gasteiger partial charge on any atom is 0.250 e. The number of thiocarbonyl (C=S) groups is 1. The fraction of sp³-hybridized carbons (Fsp3) is 0.0588. The van der Waals surface area contributed by atoms with Gasteiger partial charge in [0.1, 0.15) is 11.5 Å². The molecule has 124 valence electrons. The van der Waals surface area contributed by atoms with Crippen molar-refractivity contribution in [1.29, 1.82) is 0 Å². The molecule has 1 amide bonds. The molecule has 0 atom stereocenters. The second-order valence-electron chi connectivity index (χ2n) is 4.68. The highest BCUT2D eigenvalue weighted by Crippen LogP contribution is 2.26.